The molecule has 2 aliphatic rings. The van der Waals surface area contributed by atoms with Crippen molar-refractivity contribution < 1.29 is 14.4 Å². The third kappa shape index (κ3) is 4.25. The third-order valence-corrected chi connectivity index (χ3v) is 4.85. The second kappa shape index (κ2) is 8.25. The number of ether oxygens (including phenoxy) is 2. The normalized spacial score (nSPS) is 22.3. The van der Waals surface area contributed by atoms with Crippen molar-refractivity contribution in [2.75, 3.05) is 51.4 Å². The van der Waals surface area contributed by atoms with E-state index in [1.54, 1.807) is 12.1 Å². The highest BCUT2D eigenvalue weighted by atomic mass is 16.6. The number of nitrogens with zero attached hydrogens (tertiary/aromatic N) is 3. The summed E-state index contributed by atoms with van der Waals surface area (Å²) in [7, 11) is 0. The second-order valence-corrected chi connectivity index (χ2v) is 6.32. The highest BCUT2D eigenvalue weighted by molar-refractivity contribution is 5.64. The number of nitrogens with one attached hydrogen (secondary N) is 1. The maximum Gasteiger partial charge on any atom is 0.293 e. The lowest BCUT2D eigenvalue weighted by molar-refractivity contribution is -0.384. The van der Waals surface area contributed by atoms with Crippen molar-refractivity contribution in [2.45, 2.75) is 12.5 Å². The first-order valence-corrected chi connectivity index (χ1v) is 8.51. The Kier molecular flexibility index (Phi) is 5.81. The standard InChI is InChI=1S/C17H22N4O4/c18-10-13-1-2-15(16(9-13)21(22)23)19-11-17(14-3-6-25-12-14)20-4-7-24-8-5-20/h1-2,9,14,17,19H,3-8,11-12H2/t14-,17+/m0/s1. The molecule has 1 aromatic carbocycles. The fourth-order valence-electron chi connectivity index (χ4n) is 3.48. The second-order valence-electron chi connectivity index (χ2n) is 6.32. The minimum atomic E-state index is -0.453. The van der Waals surface area contributed by atoms with Crippen molar-refractivity contribution in [3.63, 3.8) is 0 Å². The summed E-state index contributed by atoms with van der Waals surface area (Å²) in [5.41, 5.74) is 0.662. The van der Waals surface area contributed by atoms with Crippen LogP contribution in [0.5, 0.6) is 0 Å². The van der Waals surface area contributed by atoms with Crippen LogP contribution in [0.2, 0.25) is 0 Å². The lowest BCUT2D eigenvalue weighted by Crippen LogP contribution is -2.50. The van der Waals surface area contributed by atoms with E-state index in [1.165, 1.54) is 6.07 Å². The van der Waals surface area contributed by atoms with Gasteiger partial charge in [-0.3, -0.25) is 15.0 Å². The smallest absolute Gasteiger partial charge is 0.293 e. The van der Waals surface area contributed by atoms with E-state index in [2.05, 4.69) is 10.2 Å². The molecule has 0 saturated carbocycles. The number of benzene rings is 1. The van der Waals surface area contributed by atoms with Crippen LogP contribution in [-0.2, 0) is 9.47 Å². The maximum atomic E-state index is 11.3. The van der Waals surface area contributed by atoms with Crippen molar-refractivity contribution in [1.82, 2.24) is 4.90 Å². The summed E-state index contributed by atoms with van der Waals surface area (Å²) in [5.74, 6) is 0.406. The largest absolute Gasteiger partial charge is 0.381 e. The van der Waals surface area contributed by atoms with Crippen LogP contribution in [0.25, 0.3) is 0 Å². The summed E-state index contributed by atoms with van der Waals surface area (Å²) in [6.45, 7) is 5.22. The van der Waals surface area contributed by atoms with E-state index in [0.717, 1.165) is 32.7 Å². The average Bonchev–Trinajstić information content (AvgIpc) is 3.17. The summed E-state index contributed by atoms with van der Waals surface area (Å²) < 4.78 is 11.0. The van der Waals surface area contributed by atoms with Crippen LogP contribution >= 0.6 is 0 Å². The zero-order valence-corrected chi connectivity index (χ0v) is 14.0. The number of hydrogen-bond donors (Lipinski definition) is 1. The molecule has 3 rings (SSSR count). The van der Waals surface area contributed by atoms with Crippen LogP contribution in [0.15, 0.2) is 18.2 Å². The SMILES string of the molecule is N#Cc1ccc(NC[C@H]([C@H]2CCOC2)N2CCOCC2)c([N+](=O)[O-])c1. The molecule has 2 heterocycles. The van der Waals surface area contributed by atoms with Crippen LogP contribution in [0.3, 0.4) is 0 Å². The molecule has 134 valence electrons. The van der Waals surface area contributed by atoms with Gasteiger partial charge in [0, 0.05) is 44.3 Å². The van der Waals surface area contributed by atoms with E-state index in [-0.39, 0.29) is 17.3 Å². The van der Waals surface area contributed by atoms with Gasteiger partial charge in [-0.1, -0.05) is 0 Å². The number of hydrogen-bond acceptors (Lipinski definition) is 7. The molecule has 2 atom stereocenters. The van der Waals surface area contributed by atoms with Crippen LogP contribution in [0, 0.1) is 27.4 Å². The fraction of sp³-hybridized carbons (Fsp3) is 0.588. The molecular formula is C17H22N4O4. The first-order chi connectivity index (χ1) is 12.2. The minimum Gasteiger partial charge on any atom is -0.381 e. The van der Waals surface area contributed by atoms with Gasteiger partial charge in [-0.15, -0.1) is 0 Å². The van der Waals surface area contributed by atoms with E-state index in [9.17, 15) is 10.1 Å². The topological polar surface area (TPSA) is 101 Å². The molecule has 8 nitrogen and oxygen atoms in total. The monoisotopic (exact) mass is 346 g/mol. The van der Waals surface area contributed by atoms with Crippen LogP contribution in [0.4, 0.5) is 11.4 Å². The van der Waals surface area contributed by atoms with E-state index in [4.69, 9.17) is 14.7 Å². The van der Waals surface area contributed by atoms with Gasteiger partial charge in [-0.25, -0.2) is 0 Å². The molecule has 25 heavy (non-hydrogen) atoms. The Bertz CT molecular complexity index is 649. The molecule has 0 aliphatic carbocycles. The van der Waals surface area contributed by atoms with Crippen LogP contribution < -0.4 is 5.32 Å². The Morgan fingerprint density at radius 3 is 2.80 bits per heavy atom. The van der Waals surface area contributed by atoms with E-state index < -0.39 is 4.92 Å². The number of nitro benzene ring substituents is 1. The molecule has 1 N–H and O–H groups in total. The molecule has 0 unspecified atom stereocenters. The maximum absolute atomic E-state index is 11.3. The first kappa shape index (κ1) is 17.6. The van der Waals surface area contributed by atoms with Gasteiger partial charge in [0.25, 0.3) is 5.69 Å². The van der Waals surface area contributed by atoms with E-state index >= 15 is 0 Å². The molecular weight excluding hydrogens is 324 g/mol. The van der Waals surface area contributed by atoms with Gasteiger partial charge in [0.05, 0.1) is 36.4 Å². The summed E-state index contributed by atoms with van der Waals surface area (Å²) in [4.78, 5) is 13.2. The zero-order valence-electron chi connectivity index (χ0n) is 14.0. The summed E-state index contributed by atoms with van der Waals surface area (Å²) in [6.07, 6.45) is 0.999. The number of nitriles is 1. The molecule has 0 aromatic heterocycles. The van der Waals surface area contributed by atoms with E-state index in [1.807, 2.05) is 6.07 Å². The van der Waals surface area contributed by atoms with Gasteiger partial charge < -0.3 is 14.8 Å². The lowest BCUT2D eigenvalue weighted by atomic mass is 9.96. The highest BCUT2D eigenvalue weighted by Gasteiger charge is 2.31. The van der Waals surface area contributed by atoms with Crippen molar-refractivity contribution in [1.29, 1.82) is 5.26 Å². The fourth-order valence-corrected chi connectivity index (χ4v) is 3.48. The molecule has 2 fully saturated rings. The van der Waals surface area contributed by atoms with Crippen molar-refractivity contribution in [3.8, 4) is 6.07 Å². The van der Waals surface area contributed by atoms with Crippen LogP contribution in [-0.4, -0.2) is 61.9 Å². The molecule has 0 spiro atoms. The Morgan fingerprint density at radius 2 is 2.16 bits per heavy atom. The summed E-state index contributed by atoms with van der Waals surface area (Å²) >= 11 is 0. The van der Waals surface area contributed by atoms with Gasteiger partial charge in [0.2, 0.25) is 0 Å². The molecule has 2 aliphatic heterocycles. The van der Waals surface area contributed by atoms with Gasteiger partial charge in [0.15, 0.2) is 0 Å². The number of rotatable bonds is 6. The quantitative estimate of drug-likeness (QED) is 0.617. The van der Waals surface area contributed by atoms with Crippen LogP contribution in [0.1, 0.15) is 12.0 Å². The summed E-state index contributed by atoms with van der Waals surface area (Å²) in [6, 6.07) is 6.69. The number of morpholine rings is 1. The predicted octanol–water partition coefficient (Wildman–Crippen LogP) is 1.62. The van der Waals surface area contributed by atoms with Gasteiger partial charge in [0.1, 0.15) is 5.69 Å². The molecule has 2 saturated heterocycles. The Morgan fingerprint density at radius 1 is 1.36 bits per heavy atom. The Balaban J connectivity index is 1.74. The Hall–Kier alpha value is -2.21. The highest BCUT2D eigenvalue weighted by Crippen LogP contribution is 2.27. The third-order valence-electron chi connectivity index (χ3n) is 4.85. The van der Waals surface area contributed by atoms with Gasteiger partial charge in [-0.2, -0.15) is 5.26 Å². The first-order valence-electron chi connectivity index (χ1n) is 8.51. The molecule has 0 amide bonds. The van der Waals surface area contributed by atoms with Crippen molar-refractivity contribution >= 4 is 11.4 Å². The zero-order chi connectivity index (χ0) is 17.6. The lowest BCUT2D eigenvalue weighted by Gasteiger charge is -2.37. The molecule has 0 bridgehead atoms. The number of nitro groups is 1. The molecule has 8 heteroatoms. The van der Waals surface area contributed by atoms with E-state index in [0.29, 0.717) is 31.4 Å². The van der Waals surface area contributed by atoms with Gasteiger partial charge in [-0.05, 0) is 18.6 Å². The molecule has 1 aromatic rings. The predicted molar refractivity (Wildman–Crippen MR) is 91.4 cm³/mol. The van der Waals surface area contributed by atoms with Crippen molar-refractivity contribution in [3.05, 3.63) is 33.9 Å². The molecule has 0 radical (unpaired) electrons. The van der Waals surface area contributed by atoms with Gasteiger partial charge >= 0.3 is 0 Å². The Labute approximate surface area is 146 Å². The minimum absolute atomic E-state index is 0.0672. The average molecular weight is 346 g/mol. The van der Waals surface area contributed by atoms with Crippen molar-refractivity contribution in [2.24, 2.45) is 5.92 Å². The summed E-state index contributed by atoms with van der Waals surface area (Å²) in [5, 5.41) is 23.5. The number of anilines is 1.